The topological polar surface area (TPSA) is 103 Å². The molecule has 9 heteroatoms. The van der Waals surface area contributed by atoms with E-state index in [1.165, 1.54) is 28.6 Å². The molecule has 3 rings (SSSR count). The van der Waals surface area contributed by atoms with Crippen molar-refractivity contribution >= 4 is 21.7 Å². The van der Waals surface area contributed by atoms with Crippen molar-refractivity contribution in [2.24, 2.45) is 0 Å². The van der Waals surface area contributed by atoms with Gasteiger partial charge in [-0.05, 0) is 42.8 Å². The molecule has 0 aliphatic carbocycles. The maximum Gasteiger partial charge on any atom is 0.256 e. The summed E-state index contributed by atoms with van der Waals surface area (Å²) in [4.78, 5) is 18.6. The van der Waals surface area contributed by atoms with Gasteiger partial charge in [-0.15, -0.1) is 0 Å². The van der Waals surface area contributed by atoms with Gasteiger partial charge in [0.15, 0.2) is 0 Å². The summed E-state index contributed by atoms with van der Waals surface area (Å²) in [5.41, 5.74) is 0.355. The van der Waals surface area contributed by atoms with E-state index in [-0.39, 0.29) is 23.5 Å². The van der Waals surface area contributed by atoms with Crippen molar-refractivity contribution in [3.8, 4) is 0 Å². The molecule has 2 heterocycles. The average molecular weight is 419 g/mol. The quantitative estimate of drug-likeness (QED) is 0.705. The van der Waals surface area contributed by atoms with Crippen LogP contribution in [0, 0.1) is 0 Å². The first-order valence-corrected chi connectivity index (χ1v) is 11.1. The summed E-state index contributed by atoms with van der Waals surface area (Å²) < 4.78 is 27.3. The lowest BCUT2D eigenvalue weighted by atomic mass is 10.2. The Morgan fingerprint density at radius 2 is 1.83 bits per heavy atom. The van der Waals surface area contributed by atoms with Crippen molar-refractivity contribution < 1.29 is 18.3 Å². The van der Waals surface area contributed by atoms with Gasteiger partial charge in [-0.2, -0.15) is 4.31 Å². The fourth-order valence-electron chi connectivity index (χ4n) is 3.36. The summed E-state index contributed by atoms with van der Waals surface area (Å²) in [5.74, 6) is 0.0798. The molecule has 0 unspecified atom stereocenters. The minimum atomic E-state index is -3.63. The van der Waals surface area contributed by atoms with Crippen LogP contribution in [-0.4, -0.2) is 72.4 Å². The maximum atomic E-state index is 12.9. The number of aliphatic hydroxyl groups is 1. The normalized spacial score (nSPS) is 17.0. The lowest BCUT2D eigenvalue weighted by Crippen LogP contribution is -2.52. The van der Waals surface area contributed by atoms with Gasteiger partial charge in [-0.1, -0.05) is 13.0 Å². The third kappa shape index (κ3) is 4.99. The molecule has 1 atom stereocenters. The molecular weight excluding hydrogens is 392 g/mol. The van der Waals surface area contributed by atoms with Crippen LogP contribution in [0.25, 0.3) is 0 Å². The zero-order chi connectivity index (χ0) is 20.9. The first-order valence-electron chi connectivity index (χ1n) is 9.63. The molecule has 1 saturated heterocycles. The number of benzene rings is 1. The number of nitrogens with zero attached hydrogens (tertiary/aromatic N) is 3. The number of hydrogen-bond acceptors (Lipinski definition) is 6. The number of nitrogens with one attached hydrogen (secondary N) is 1. The molecule has 0 bridgehead atoms. The highest BCUT2D eigenvalue weighted by Crippen LogP contribution is 2.20. The molecule has 1 aliphatic rings. The number of sulfonamides is 1. The Hall–Kier alpha value is -2.33. The van der Waals surface area contributed by atoms with Crippen molar-refractivity contribution in [2.75, 3.05) is 38.1 Å². The summed E-state index contributed by atoms with van der Waals surface area (Å²) in [6.07, 6.45) is 2.40. The lowest BCUT2D eigenvalue weighted by Gasteiger charge is -2.37. The molecular formula is C20H26N4O4S. The van der Waals surface area contributed by atoms with Gasteiger partial charge in [-0.3, -0.25) is 9.69 Å². The lowest BCUT2D eigenvalue weighted by molar-refractivity contribution is 0.0881. The molecule has 2 aromatic rings. The summed E-state index contributed by atoms with van der Waals surface area (Å²) in [5, 5.41) is 12.1. The monoisotopic (exact) mass is 418 g/mol. The van der Waals surface area contributed by atoms with Crippen LogP contribution >= 0.6 is 0 Å². The number of carbonyl (C=O) groups excluding carboxylic acids is 1. The van der Waals surface area contributed by atoms with Crippen LogP contribution in [0.5, 0.6) is 0 Å². The molecule has 0 spiro atoms. The van der Waals surface area contributed by atoms with Gasteiger partial charge in [0, 0.05) is 44.0 Å². The molecule has 29 heavy (non-hydrogen) atoms. The highest BCUT2D eigenvalue weighted by Gasteiger charge is 2.30. The van der Waals surface area contributed by atoms with Crippen molar-refractivity contribution in [1.29, 1.82) is 0 Å². The molecule has 1 fully saturated rings. The highest BCUT2D eigenvalue weighted by atomic mass is 32.2. The fourth-order valence-corrected chi connectivity index (χ4v) is 4.79. The van der Waals surface area contributed by atoms with Crippen molar-refractivity contribution in [1.82, 2.24) is 14.2 Å². The molecule has 0 saturated carbocycles. The molecule has 156 valence electrons. The second-order valence-electron chi connectivity index (χ2n) is 6.88. The average Bonchev–Trinajstić information content (AvgIpc) is 2.76. The number of amides is 1. The third-order valence-electron chi connectivity index (χ3n) is 5.13. The summed E-state index contributed by atoms with van der Waals surface area (Å²) in [6, 6.07) is 11.2. The molecule has 1 amide bonds. The molecule has 2 N–H and O–H groups in total. The van der Waals surface area contributed by atoms with E-state index in [0.717, 1.165) is 6.42 Å². The van der Waals surface area contributed by atoms with E-state index in [2.05, 4.69) is 15.2 Å². The Kier molecular flexibility index (Phi) is 6.96. The van der Waals surface area contributed by atoms with Crippen LogP contribution in [-0.2, 0) is 10.0 Å². The van der Waals surface area contributed by atoms with Crippen molar-refractivity contribution in [3.63, 3.8) is 0 Å². The van der Waals surface area contributed by atoms with Crippen molar-refractivity contribution in [2.45, 2.75) is 24.3 Å². The number of anilines is 1. The Morgan fingerprint density at radius 3 is 2.38 bits per heavy atom. The van der Waals surface area contributed by atoms with Crippen LogP contribution in [0.3, 0.4) is 0 Å². The van der Waals surface area contributed by atoms with E-state index in [4.69, 9.17) is 0 Å². The van der Waals surface area contributed by atoms with E-state index in [1.807, 2.05) is 6.92 Å². The standard InChI is InChI=1S/C20H26N4O4S/c1-2-17(15-25)23-11-13-24(14-12-23)29(27,28)18-8-6-16(7-9-18)20(26)22-19-5-3-4-10-21-19/h3-10,17,25H,2,11-15H2,1H3,(H,21,22,26)/t17-/m0/s1. The Labute approximate surface area is 171 Å². The minimum Gasteiger partial charge on any atom is -0.395 e. The third-order valence-corrected chi connectivity index (χ3v) is 7.05. The zero-order valence-electron chi connectivity index (χ0n) is 16.4. The molecule has 1 aromatic heterocycles. The smallest absolute Gasteiger partial charge is 0.256 e. The van der Waals surface area contributed by atoms with Crippen LogP contribution in [0.2, 0.25) is 0 Å². The minimum absolute atomic E-state index is 0.0664. The van der Waals surface area contributed by atoms with Gasteiger partial charge in [-0.25, -0.2) is 13.4 Å². The van der Waals surface area contributed by atoms with Crippen LogP contribution in [0.1, 0.15) is 23.7 Å². The van der Waals surface area contributed by atoms with Gasteiger partial charge >= 0.3 is 0 Å². The van der Waals surface area contributed by atoms with Gasteiger partial charge in [0.25, 0.3) is 5.91 Å². The highest BCUT2D eigenvalue weighted by molar-refractivity contribution is 7.89. The number of rotatable bonds is 7. The van der Waals surface area contributed by atoms with Crippen molar-refractivity contribution in [3.05, 3.63) is 54.2 Å². The predicted octanol–water partition coefficient (Wildman–Crippen LogP) is 1.41. The molecule has 1 aromatic carbocycles. The largest absolute Gasteiger partial charge is 0.395 e. The SMILES string of the molecule is CC[C@@H](CO)N1CCN(S(=O)(=O)c2ccc(C(=O)Nc3ccccn3)cc2)CC1. The van der Waals surface area contributed by atoms with Crippen LogP contribution in [0.15, 0.2) is 53.6 Å². The van der Waals surface area contributed by atoms with E-state index in [9.17, 15) is 18.3 Å². The first kappa shape index (κ1) is 21.4. The van der Waals surface area contributed by atoms with Gasteiger partial charge < -0.3 is 10.4 Å². The van der Waals surface area contributed by atoms with Crippen LogP contribution in [0.4, 0.5) is 5.82 Å². The number of carbonyl (C=O) groups is 1. The Balaban J connectivity index is 1.65. The molecule has 8 nitrogen and oxygen atoms in total. The Morgan fingerprint density at radius 1 is 1.14 bits per heavy atom. The van der Waals surface area contributed by atoms with E-state index >= 15 is 0 Å². The maximum absolute atomic E-state index is 12.9. The number of pyridine rings is 1. The predicted molar refractivity (Wildman–Crippen MR) is 110 cm³/mol. The van der Waals surface area contributed by atoms with E-state index in [0.29, 0.717) is 37.6 Å². The van der Waals surface area contributed by atoms with Crippen LogP contribution < -0.4 is 5.32 Å². The zero-order valence-corrected chi connectivity index (χ0v) is 17.2. The molecule has 0 radical (unpaired) electrons. The summed E-state index contributed by atoms with van der Waals surface area (Å²) in [7, 11) is -3.63. The Bertz CT molecular complexity index is 907. The van der Waals surface area contributed by atoms with Gasteiger partial charge in [0.05, 0.1) is 11.5 Å². The number of hydrogen-bond donors (Lipinski definition) is 2. The van der Waals surface area contributed by atoms with E-state index < -0.39 is 10.0 Å². The fraction of sp³-hybridized carbons (Fsp3) is 0.400. The first-order chi connectivity index (χ1) is 14.0. The summed E-state index contributed by atoms with van der Waals surface area (Å²) in [6.45, 7) is 4.01. The number of piperazine rings is 1. The number of aromatic nitrogens is 1. The van der Waals surface area contributed by atoms with Gasteiger partial charge in [0.1, 0.15) is 5.82 Å². The molecule has 1 aliphatic heterocycles. The summed E-state index contributed by atoms with van der Waals surface area (Å²) >= 11 is 0. The second kappa shape index (κ2) is 9.45. The number of aliphatic hydroxyl groups excluding tert-OH is 1. The second-order valence-corrected chi connectivity index (χ2v) is 8.82. The van der Waals surface area contributed by atoms with E-state index in [1.54, 1.807) is 24.4 Å². The van der Waals surface area contributed by atoms with Gasteiger partial charge in [0.2, 0.25) is 10.0 Å².